The van der Waals surface area contributed by atoms with Gasteiger partial charge in [0.25, 0.3) is 0 Å². The van der Waals surface area contributed by atoms with Crippen LogP contribution >= 0.6 is 0 Å². The number of β-lactam (4-membered cyclic amide) rings is 1. The molecule has 0 aromatic carbocycles. The van der Waals surface area contributed by atoms with E-state index in [1.807, 2.05) is 4.90 Å². The lowest BCUT2D eigenvalue weighted by atomic mass is 9.78. The van der Waals surface area contributed by atoms with Crippen LogP contribution in [0.3, 0.4) is 0 Å². The standard InChI is InChI=1S/C9H15NO2/c1-6(11)8-7-4-2-3-5-10(7)9(8)12/h6-8,11H,2-5H2,1H3/t6-,7-,8-/m1/s1. The van der Waals surface area contributed by atoms with Gasteiger partial charge in [-0.15, -0.1) is 0 Å². The Hall–Kier alpha value is -0.570. The summed E-state index contributed by atoms with van der Waals surface area (Å²) >= 11 is 0. The van der Waals surface area contributed by atoms with Crippen LogP contribution in [0.5, 0.6) is 0 Å². The van der Waals surface area contributed by atoms with Crippen LogP contribution in [0.1, 0.15) is 26.2 Å². The van der Waals surface area contributed by atoms with E-state index in [0.29, 0.717) is 6.04 Å². The van der Waals surface area contributed by atoms with E-state index >= 15 is 0 Å². The molecular weight excluding hydrogens is 154 g/mol. The molecule has 2 rings (SSSR count). The Morgan fingerprint density at radius 3 is 3.00 bits per heavy atom. The van der Waals surface area contributed by atoms with Crippen molar-refractivity contribution in [3.8, 4) is 0 Å². The molecule has 0 aromatic heterocycles. The fraction of sp³-hybridized carbons (Fsp3) is 0.889. The number of nitrogens with zero attached hydrogens (tertiary/aromatic N) is 1. The molecule has 2 fully saturated rings. The highest BCUT2D eigenvalue weighted by Gasteiger charge is 2.49. The maximum absolute atomic E-state index is 11.4. The smallest absolute Gasteiger partial charge is 0.230 e. The van der Waals surface area contributed by atoms with Crippen molar-refractivity contribution in [3.63, 3.8) is 0 Å². The van der Waals surface area contributed by atoms with Crippen molar-refractivity contribution in [1.82, 2.24) is 4.90 Å². The molecule has 2 heterocycles. The molecule has 68 valence electrons. The lowest BCUT2D eigenvalue weighted by Gasteiger charge is -2.51. The van der Waals surface area contributed by atoms with Gasteiger partial charge in [-0.05, 0) is 26.2 Å². The third-order valence-corrected chi connectivity index (χ3v) is 3.05. The van der Waals surface area contributed by atoms with Crippen LogP contribution in [0.4, 0.5) is 0 Å². The summed E-state index contributed by atoms with van der Waals surface area (Å²) < 4.78 is 0. The summed E-state index contributed by atoms with van der Waals surface area (Å²) in [6.07, 6.45) is 2.96. The fourth-order valence-electron chi connectivity index (χ4n) is 2.41. The maximum atomic E-state index is 11.4. The Balaban J connectivity index is 2.05. The second kappa shape index (κ2) is 2.73. The Labute approximate surface area is 72.4 Å². The molecule has 1 amide bonds. The SMILES string of the molecule is C[C@@H](O)[C@H]1C(=O)N2CCCC[C@H]12. The molecule has 0 spiro atoms. The maximum Gasteiger partial charge on any atom is 0.230 e. The third kappa shape index (κ3) is 0.959. The highest BCUT2D eigenvalue weighted by atomic mass is 16.3. The second-order valence-electron chi connectivity index (χ2n) is 3.86. The summed E-state index contributed by atoms with van der Waals surface area (Å²) in [4.78, 5) is 13.3. The molecule has 2 aliphatic rings. The molecular formula is C9H15NO2. The average molecular weight is 169 g/mol. The van der Waals surface area contributed by atoms with Crippen molar-refractivity contribution in [1.29, 1.82) is 0 Å². The van der Waals surface area contributed by atoms with Gasteiger partial charge in [0, 0.05) is 12.6 Å². The molecule has 1 N–H and O–H groups in total. The Morgan fingerprint density at radius 2 is 2.33 bits per heavy atom. The normalized spacial score (nSPS) is 37.2. The molecule has 0 aliphatic carbocycles. The van der Waals surface area contributed by atoms with Crippen molar-refractivity contribution >= 4 is 5.91 Å². The average Bonchev–Trinajstić information content (AvgIpc) is 2.03. The monoisotopic (exact) mass is 169 g/mol. The summed E-state index contributed by atoms with van der Waals surface area (Å²) in [7, 11) is 0. The van der Waals surface area contributed by atoms with Gasteiger partial charge in [-0.1, -0.05) is 0 Å². The number of hydrogen-bond donors (Lipinski definition) is 1. The second-order valence-corrected chi connectivity index (χ2v) is 3.86. The van der Waals surface area contributed by atoms with Crippen LogP contribution in [0.25, 0.3) is 0 Å². The van der Waals surface area contributed by atoms with Gasteiger partial charge in [0.15, 0.2) is 0 Å². The minimum atomic E-state index is -0.461. The number of amides is 1. The van der Waals surface area contributed by atoms with E-state index in [4.69, 9.17) is 0 Å². The molecule has 0 radical (unpaired) electrons. The van der Waals surface area contributed by atoms with E-state index in [9.17, 15) is 9.90 Å². The quantitative estimate of drug-likeness (QED) is 0.576. The summed E-state index contributed by atoms with van der Waals surface area (Å²) in [6, 6.07) is 0.353. The van der Waals surface area contributed by atoms with Crippen molar-refractivity contribution in [3.05, 3.63) is 0 Å². The molecule has 2 saturated heterocycles. The molecule has 0 unspecified atom stereocenters. The Morgan fingerprint density at radius 1 is 1.58 bits per heavy atom. The largest absolute Gasteiger partial charge is 0.393 e. The van der Waals surface area contributed by atoms with Crippen molar-refractivity contribution in [2.75, 3.05) is 6.54 Å². The number of rotatable bonds is 1. The lowest BCUT2D eigenvalue weighted by molar-refractivity contribution is -0.167. The minimum absolute atomic E-state index is 0.0923. The van der Waals surface area contributed by atoms with Gasteiger partial charge in [-0.2, -0.15) is 0 Å². The molecule has 12 heavy (non-hydrogen) atoms. The minimum Gasteiger partial charge on any atom is -0.393 e. The first-order chi connectivity index (χ1) is 5.72. The zero-order valence-electron chi connectivity index (χ0n) is 7.36. The number of piperidine rings is 1. The molecule has 3 nitrogen and oxygen atoms in total. The van der Waals surface area contributed by atoms with Gasteiger partial charge in [-0.25, -0.2) is 0 Å². The van der Waals surface area contributed by atoms with Gasteiger partial charge in [0.1, 0.15) is 0 Å². The van der Waals surface area contributed by atoms with Crippen molar-refractivity contribution < 1.29 is 9.90 Å². The van der Waals surface area contributed by atoms with Crippen LogP contribution in [0, 0.1) is 5.92 Å². The topological polar surface area (TPSA) is 40.5 Å². The number of carbonyl (C=O) groups is 1. The van der Waals surface area contributed by atoms with E-state index in [-0.39, 0.29) is 11.8 Å². The van der Waals surface area contributed by atoms with E-state index in [1.165, 1.54) is 6.42 Å². The highest BCUT2D eigenvalue weighted by molar-refractivity contribution is 5.86. The number of aliphatic hydroxyl groups is 1. The van der Waals surface area contributed by atoms with Crippen LogP contribution < -0.4 is 0 Å². The van der Waals surface area contributed by atoms with Crippen LogP contribution in [0.2, 0.25) is 0 Å². The van der Waals surface area contributed by atoms with Gasteiger partial charge in [-0.3, -0.25) is 4.79 Å². The van der Waals surface area contributed by atoms with Crippen LogP contribution in [-0.2, 0) is 4.79 Å². The van der Waals surface area contributed by atoms with Crippen LogP contribution in [-0.4, -0.2) is 34.6 Å². The van der Waals surface area contributed by atoms with E-state index in [0.717, 1.165) is 19.4 Å². The molecule has 0 saturated carbocycles. The fourth-order valence-corrected chi connectivity index (χ4v) is 2.41. The van der Waals surface area contributed by atoms with Gasteiger partial charge >= 0.3 is 0 Å². The van der Waals surface area contributed by atoms with E-state index in [1.54, 1.807) is 6.92 Å². The van der Waals surface area contributed by atoms with Gasteiger partial charge in [0.2, 0.25) is 5.91 Å². The lowest BCUT2D eigenvalue weighted by Crippen LogP contribution is -2.65. The van der Waals surface area contributed by atoms with E-state index < -0.39 is 6.10 Å². The Kier molecular flexibility index (Phi) is 1.83. The number of fused-ring (bicyclic) bond motifs is 1. The summed E-state index contributed by atoms with van der Waals surface area (Å²) in [5.74, 6) is 0.0694. The molecule has 0 bridgehead atoms. The first kappa shape index (κ1) is 8.05. The third-order valence-electron chi connectivity index (χ3n) is 3.05. The zero-order chi connectivity index (χ0) is 8.72. The number of hydrogen-bond acceptors (Lipinski definition) is 2. The highest BCUT2D eigenvalue weighted by Crippen LogP contribution is 2.35. The summed E-state index contributed by atoms with van der Waals surface area (Å²) in [6.45, 7) is 2.63. The Bertz CT molecular complexity index is 203. The van der Waals surface area contributed by atoms with E-state index in [2.05, 4.69) is 0 Å². The molecule has 3 atom stereocenters. The first-order valence-corrected chi connectivity index (χ1v) is 4.70. The van der Waals surface area contributed by atoms with Crippen molar-refractivity contribution in [2.24, 2.45) is 5.92 Å². The predicted octanol–water partition coefficient (Wildman–Crippen LogP) is 0.378. The number of carbonyl (C=O) groups excluding carboxylic acids is 1. The molecule has 2 aliphatic heterocycles. The molecule has 0 aromatic rings. The molecule has 3 heteroatoms. The van der Waals surface area contributed by atoms with Gasteiger partial charge < -0.3 is 10.0 Å². The first-order valence-electron chi connectivity index (χ1n) is 4.70. The summed E-state index contributed by atoms with van der Waals surface area (Å²) in [5.41, 5.74) is 0. The van der Waals surface area contributed by atoms with Crippen molar-refractivity contribution in [2.45, 2.75) is 38.3 Å². The zero-order valence-corrected chi connectivity index (χ0v) is 7.36. The van der Waals surface area contributed by atoms with Crippen LogP contribution in [0.15, 0.2) is 0 Å². The predicted molar refractivity (Wildman–Crippen MR) is 44.5 cm³/mol. The van der Waals surface area contributed by atoms with Gasteiger partial charge in [0.05, 0.1) is 12.0 Å². The summed E-state index contributed by atoms with van der Waals surface area (Å²) in [5, 5.41) is 9.33. The number of aliphatic hydroxyl groups excluding tert-OH is 1.